The van der Waals surface area contributed by atoms with Crippen LogP contribution in [0.15, 0.2) is 36.4 Å². The van der Waals surface area contributed by atoms with Crippen LogP contribution in [0.2, 0.25) is 0 Å². The molecule has 1 fully saturated rings. The number of hydrogen-bond donors (Lipinski definition) is 5. The molecule has 2 atom stereocenters. The number of aliphatic hydroxyl groups is 1. The highest BCUT2D eigenvalue weighted by atomic mass is 16.3. The summed E-state index contributed by atoms with van der Waals surface area (Å²) in [7, 11) is 0. The molecule has 11 heteroatoms. The summed E-state index contributed by atoms with van der Waals surface area (Å²) in [6.45, 7) is 0.343. The summed E-state index contributed by atoms with van der Waals surface area (Å²) in [4.78, 5) is 61.8. The molecule has 0 saturated heterocycles. The lowest BCUT2D eigenvalue weighted by Crippen LogP contribution is -2.51. The number of amides is 5. The second-order valence-electron chi connectivity index (χ2n) is 9.06. The van der Waals surface area contributed by atoms with Crippen LogP contribution in [0.3, 0.4) is 0 Å². The molecule has 36 heavy (non-hydrogen) atoms. The molecule has 1 aliphatic carbocycles. The lowest BCUT2D eigenvalue weighted by molar-refractivity contribution is -0.137. The summed E-state index contributed by atoms with van der Waals surface area (Å²) < 4.78 is 0. The van der Waals surface area contributed by atoms with Crippen LogP contribution in [0.25, 0.3) is 0 Å². The Morgan fingerprint density at radius 1 is 1.03 bits per heavy atom. The fraction of sp³-hybridized carbons (Fsp3) is 0.480. The van der Waals surface area contributed by atoms with E-state index in [1.165, 1.54) is 12.2 Å². The minimum Gasteiger partial charge on any atom is -0.392 e. The van der Waals surface area contributed by atoms with Gasteiger partial charge in [-0.2, -0.15) is 0 Å². The minimum atomic E-state index is -1.07. The summed E-state index contributed by atoms with van der Waals surface area (Å²) in [5, 5.41) is 17.3. The standard InChI is InChI=1S/C25H33N5O6/c26-12-11-18-14-25(18,24(36)28-19-7-5-17(16-31)6-8-19)29-21(33)15-27-20(32)4-2-1-3-13-30-22(34)9-10-23(30)35/h5-10,18,31H,1-4,11-16,26H2,(H,27,32)(H,28,36)(H,29,33). The number of aliphatic hydroxyl groups excluding tert-OH is 1. The van der Waals surface area contributed by atoms with Gasteiger partial charge in [0.15, 0.2) is 0 Å². The van der Waals surface area contributed by atoms with Crippen LogP contribution in [0.5, 0.6) is 0 Å². The number of unbranched alkanes of at least 4 members (excludes halogenated alkanes) is 2. The van der Waals surface area contributed by atoms with Crippen molar-refractivity contribution in [2.24, 2.45) is 11.7 Å². The monoisotopic (exact) mass is 499 g/mol. The minimum absolute atomic E-state index is 0.0940. The van der Waals surface area contributed by atoms with E-state index in [4.69, 9.17) is 10.8 Å². The second-order valence-corrected chi connectivity index (χ2v) is 9.06. The number of nitrogens with two attached hydrogens (primary N) is 1. The lowest BCUT2D eigenvalue weighted by Gasteiger charge is -2.20. The summed E-state index contributed by atoms with van der Waals surface area (Å²) in [5.74, 6) is -1.84. The van der Waals surface area contributed by atoms with Crippen molar-refractivity contribution < 1.29 is 29.1 Å². The molecule has 0 bridgehead atoms. The summed E-state index contributed by atoms with van der Waals surface area (Å²) >= 11 is 0. The topological polar surface area (TPSA) is 171 Å². The number of carbonyl (C=O) groups excluding carboxylic acids is 5. The maximum atomic E-state index is 13.0. The maximum absolute atomic E-state index is 13.0. The van der Waals surface area contributed by atoms with Gasteiger partial charge in [-0.3, -0.25) is 28.9 Å². The third-order valence-electron chi connectivity index (χ3n) is 6.41. The van der Waals surface area contributed by atoms with Crippen LogP contribution in [-0.4, -0.2) is 64.7 Å². The zero-order chi connectivity index (χ0) is 26.1. The van der Waals surface area contributed by atoms with Crippen LogP contribution >= 0.6 is 0 Å². The molecule has 0 radical (unpaired) electrons. The maximum Gasteiger partial charge on any atom is 0.253 e. The molecule has 0 spiro atoms. The quantitative estimate of drug-likeness (QED) is 0.176. The first-order chi connectivity index (χ1) is 17.3. The molecule has 194 valence electrons. The predicted octanol–water partition coefficient (Wildman–Crippen LogP) is -0.0573. The van der Waals surface area contributed by atoms with Crippen LogP contribution in [0, 0.1) is 5.92 Å². The molecular weight excluding hydrogens is 466 g/mol. The van der Waals surface area contributed by atoms with Crippen molar-refractivity contribution in [1.82, 2.24) is 15.5 Å². The van der Waals surface area contributed by atoms with Gasteiger partial charge in [0.05, 0.1) is 13.2 Å². The Morgan fingerprint density at radius 2 is 1.72 bits per heavy atom. The molecular formula is C25H33N5O6. The smallest absolute Gasteiger partial charge is 0.253 e. The molecule has 1 aromatic rings. The Morgan fingerprint density at radius 3 is 2.36 bits per heavy atom. The molecule has 1 saturated carbocycles. The molecule has 11 nitrogen and oxygen atoms in total. The number of rotatable bonds is 14. The number of carbonyl (C=O) groups is 5. The first kappa shape index (κ1) is 27.0. The van der Waals surface area contributed by atoms with Crippen molar-refractivity contribution in [2.75, 3.05) is 25.0 Å². The number of nitrogens with one attached hydrogen (secondary N) is 3. The molecule has 2 aliphatic rings. The SMILES string of the molecule is NCCC1CC1(NC(=O)CNC(=O)CCCCCN1C(=O)C=CC1=O)C(=O)Nc1ccc(CO)cc1. The largest absolute Gasteiger partial charge is 0.392 e. The molecule has 0 aromatic heterocycles. The summed E-state index contributed by atoms with van der Waals surface area (Å²) in [6, 6.07) is 6.75. The van der Waals surface area contributed by atoms with E-state index in [0.717, 1.165) is 4.90 Å². The number of nitrogens with zero attached hydrogens (tertiary/aromatic N) is 1. The molecule has 5 amide bonds. The zero-order valence-corrected chi connectivity index (χ0v) is 20.1. The van der Waals surface area contributed by atoms with Crippen LogP contribution < -0.4 is 21.7 Å². The third-order valence-corrected chi connectivity index (χ3v) is 6.41. The Hall–Kier alpha value is -3.57. The average Bonchev–Trinajstić information content (AvgIpc) is 3.46. The Kier molecular flexibility index (Phi) is 9.31. The lowest BCUT2D eigenvalue weighted by atomic mass is 10.1. The van der Waals surface area contributed by atoms with Crippen molar-refractivity contribution in [1.29, 1.82) is 0 Å². The molecule has 2 unspecified atom stereocenters. The summed E-state index contributed by atoms with van der Waals surface area (Å²) in [5.41, 5.74) is 5.85. The van der Waals surface area contributed by atoms with Crippen molar-refractivity contribution in [3.05, 3.63) is 42.0 Å². The first-order valence-corrected chi connectivity index (χ1v) is 12.1. The van der Waals surface area contributed by atoms with Gasteiger partial charge in [0, 0.05) is 30.8 Å². The number of hydrogen-bond acceptors (Lipinski definition) is 7. The molecule has 1 heterocycles. The van der Waals surface area contributed by atoms with Gasteiger partial charge in [0.2, 0.25) is 17.7 Å². The van der Waals surface area contributed by atoms with E-state index in [-0.39, 0.29) is 49.1 Å². The fourth-order valence-corrected chi connectivity index (χ4v) is 4.25. The number of benzene rings is 1. The van der Waals surface area contributed by atoms with Gasteiger partial charge < -0.3 is 26.8 Å². The van der Waals surface area contributed by atoms with E-state index < -0.39 is 11.4 Å². The van der Waals surface area contributed by atoms with E-state index in [2.05, 4.69) is 16.0 Å². The summed E-state index contributed by atoms with van der Waals surface area (Å²) in [6.07, 6.45) is 5.52. The number of anilines is 1. The van der Waals surface area contributed by atoms with Gasteiger partial charge in [0.1, 0.15) is 5.54 Å². The molecule has 3 rings (SSSR count). The Labute approximate surface area is 209 Å². The van der Waals surface area contributed by atoms with E-state index in [9.17, 15) is 24.0 Å². The van der Waals surface area contributed by atoms with Crippen molar-refractivity contribution in [3.63, 3.8) is 0 Å². The molecule has 6 N–H and O–H groups in total. The third kappa shape index (κ3) is 6.98. The average molecular weight is 500 g/mol. The van der Waals surface area contributed by atoms with Crippen molar-refractivity contribution in [2.45, 2.75) is 50.7 Å². The van der Waals surface area contributed by atoms with Crippen molar-refractivity contribution >= 4 is 35.2 Å². The van der Waals surface area contributed by atoms with Crippen LogP contribution in [0.4, 0.5) is 5.69 Å². The van der Waals surface area contributed by atoms with Gasteiger partial charge in [0.25, 0.3) is 11.8 Å². The van der Waals surface area contributed by atoms with Gasteiger partial charge in [-0.05, 0) is 55.8 Å². The zero-order valence-electron chi connectivity index (χ0n) is 20.1. The second kappa shape index (κ2) is 12.4. The molecule has 1 aromatic carbocycles. The van der Waals surface area contributed by atoms with Crippen LogP contribution in [-0.2, 0) is 30.6 Å². The van der Waals surface area contributed by atoms with E-state index in [0.29, 0.717) is 56.4 Å². The fourth-order valence-electron chi connectivity index (χ4n) is 4.25. The van der Waals surface area contributed by atoms with Crippen molar-refractivity contribution in [3.8, 4) is 0 Å². The van der Waals surface area contributed by atoms with E-state index in [1.54, 1.807) is 24.3 Å². The van der Waals surface area contributed by atoms with E-state index >= 15 is 0 Å². The van der Waals surface area contributed by atoms with Gasteiger partial charge in [-0.1, -0.05) is 18.6 Å². The van der Waals surface area contributed by atoms with Gasteiger partial charge >= 0.3 is 0 Å². The Balaban J connectivity index is 1.39. The number of imide groups is 1. The Bertz CT molecular complexity index is 1010. The normalized spacial score (nSPS) is 20.4. The highest BCUT2D eigenvalue weighted by Gasteiger charge is 2.60. The first-order valence-electron chi connectivity index (χ1n) is 12.1. The van der Waals surface area contributed by atoms with Crippen LogP contribution in [0.1, 0.15) is 44.1 Å². The predicted molar refractivity (Wildman–Crippen MR) is 131 cm³/mol. The highest BCUT2D eigenvalue weighted by Crippen LogP contribution is 2.46. The van der Waals surface area contributed by atoms with E-state index in [1.807, 2.05) is 0 Å². The highest BCUT2D eigenvalue weighted by molar-refractivity contribution is 6.12. The van der Waals surface area contributed by atoms with Gasteiger partial charge in [-0.15, -0.1) is 0 Å². The van der Waals surface area contributed by atoms with Gasteiger partial charge in [-0.25, -0.2) is 0 Å². The molecule has 1 aliphatic heterocycles.